The third-order valence-corrected chi connectivity index (χ3v) is 2.36. The molecule has 0 aliphatic rings. The van der Waals surface area contributed by atoms with Crippen LogP contribution in [0.15, 0.2) is 53.7 Å². The van der Waals surface area contributed by atoms with Crippen LogP contribution in [-0.2, 0) is 12.5 Å². The largest absolute Gasteiger partial charge is 0.293 e. The van der Waals surface area contributed by atoms with Crippen LogP contribution < -0.4 is 5.56 Å². The van der Waals surface area contributed by atoms with Gasteiger partial charge >= 0.3 is 0 Å². The molecule has 1 aromatic carbocycles. The van der Waals surface area contributed by atoms with Gasteiger partial charge in [0.25, 0.3) is 11.5 Å². The van der Waals surface area contributed by atoms with Crippen LogP contribution in [0.1, 0.15) is 5.56 Å². The molecular formula is C12H10F2N2O. The van der Waals surface area contributed by atoms with Crippen molar-refractivity contribution in [2.45, 2.75) is 12.5 Å². The SMILES string of the molecule is O=c1ccncn1CC(F)(F)c1ccccc1. The maximum absolute atomic E-state index is 13.8. The zero-order valence-corrected chi connectivity index (χ0v) is 8.88. The highest BCUT2D eigenvalue weighted by atomic mass is 19.3. The van der Waals surface area contributed by atoms with Crippen molar-refractivity contribution in [3.8, 4) is 0 Å². The first-order valence-electron chi connectivity index (χ1n) is 5.03. The number of alkyl halides is 2. The first-order chi connectivity index (χ1) is 8.09. The Morgan fingerprint density at radius 3 is 2.53 bits per heavy atom. The number of benzene rings is 1. The number of hydrogen-bond donors (Lipinski definition) is 0. The Morgan fingerprint density at radius 2 is 1.88 bits per heavy atom. The standard InChI is InChI=1S/C12H10F2N2O/c13-12(14,10-4-2-1-3-5-10)8-16-9-15-7-6-11(16)17/h1-7,9H,8H2. The van der Waals surface area contributed by atoms with Gasteiger partial charge in [-0.25, -0.2) is 4.98 Å². The van der Waals surface area contributed by atoms with Gasteiger partial charge in [0.15, 0.2) is 0 Å². The van der Waals surface area contributed by atoms with E-state index in [-0.39, 0.29) is 5.56 Å². The first-order valence-corrected chi connectivity index (χ1v) is 5.03. The molecule has 2 rings (SSSR count). The van der Waals surface area contributed by atoms with E-state index in [0.717, 1.165) is 17.0 Å². The van der Waals surface area contributed by atoms with Gasteiger partial charge in [0.2, 0.25) is 0 Å². The van der Waals surface area contributed by atoms with Crippen molar-refractivity contribution >= 4 is 0 Å². The molecule has 1 aromatic heterocycles. The van der Waals surface area contributed by atoms with Crippen molar-refractivity contribution in [1.82, 2.24) is 9.55 Å². The van der Waals surface area contributed by atoms with Gasteiger partial charge in [-0.1, -0.05) is 30.3 Å². The number of hydrogen-bond acceptors (Lipinski definition) is 2. The molecule has 0 bridgehead atoms. The van der Waals surface area contributed by atoms with Crippen molar-refractivity contribution < 1.29 is 8.78 Å². The van der Waals surface area contributed by atoms with Crippen LogP contribution in [0.3, 0.4) is 0 Å². The molecule has 0 saturated carbocycles. The van der Waals surface area contributed by atoms with E-state index in [1.54, 1.807) is 6.07 Å². The lowest BCUT2D eigenvalue weighted by molar-refractivity contribution is -0.0234. The summed E-state index contributed by atoms with van der Waals surface area (Å²) < 4.78 is 28.6. The van der Waals surface area contributed by atoms with E-state index in [1.807, 2.05) is 0 Å². The highest BCUT2D eigenvalue weighted by Gasteiger charge is 2.32. The normalized spacial score (nSPS) is 11.4. The summed E-state index contributed by atoms with van der Waals surface area (Å²) >= 11 is 0. The minimum atomic E-state index is -3.09. The summed E-state index contributed by atoms with van der Waals surface area (Å²) in [5, 5.41) is 0. The van der Waals surface area contributed by atoms with E-state index in [4.69, 9.17) is 0 Å². The molecule has 0 atom stereocenters. The molecule has 0 radical (unpaired) electrons. The molecule has 17 heavy (non-hydrogen) atoms. The van der Waals surface area contributed by atoms with Gasteiger partial charge in [0.1, 0.15) is 0 Å². The number of halogens is 2. The summed E-state index contributed by atoms with van der Waals surface area (Å²) in [4.78, 5) is 15.0. The second kappa shape index (κ2) is 4.45. The maximum Gasteiger partial charge on any atom is 0.290 e. The number of rotatable bonds is 3. The van der Waals surface area contributed by atoms with Crippen molar-refractivity contribution in [2.24, 2.45) is 0 Å². The Hall–Kier alpha value is -2.04. The smallest absolute Gasteiger partial charge is 0.290 e. The fraction of sp³-hybridized carbons (Fsp3) is 0.167. The predicted molar refractivity (Wildman–Crippen MR) is 58.8 cm³/mol. The summed E-state index contributed by atoms with van der Waals surface area (Å²) in [5.74, 6) is -3.09. The lowest BCUT2D eigenvalue weighted by Gasteiger charge is -2.17. The Balaban J connectivity index is 2.30. The molecule has 0 amide bonds. The fourth-order valence-electron chi connectivity index (χ4n) is 1.48. The molecule has 0 N–H and O–H groups in total. The van der Waals surface area contributed by atoms with Gasteiger partial charge in [-0.2, -0.15) is 8.78 Å². The molecule has 2 aromatic rings. The third-order valence-electron chi connectivity index (χ3n) is 2.36. The molecule has 1 heterocycles. The minimum absolute atomic E-state index is 0.115. The molecule has 0 fully saturated rings. The van der Waals surface area contributed by atoms with Gasteiger partial charge in [0, 0.05) is 17.8 Å². The molecule has 0 spiro atoms. The van der Waals surface area contributed by atoms with Crippen molar-refractivity contribution in [3.63, 3.8) is 0 Å². The Morgan fingerprint density at radius 1 is 1.18 bits per heavy atom. The van der Waals surface area contributed by atoms with Crippen LogP contribution in [0.2, 0.25) is 0 Å². The highest BCUT2D eigenvalue weighted by Crippen LogP contribution is 2.28. The van der Waals surface area contributed by atoms with E-state index in [0.29, 0.717) is 0 Å². The van der Waals surface area contributed by atoms with Crippen LogP contribution >= 0.6 is 0 Å². The fourth-order valence-corrected chi connectivity index (χ4v) is 1.48. The van der Waals surface area contributed by atoms with Crippen LogP contribution in [0.5, 0.6) is 0 Å². The molecule has 3 nitrogen and oxygen atoms in total. The zero-order chi connectivity index (χ0) is 12.3. The highest BCUT2D eigenvalue weighted by molar-refractivity contribution is 5.19. The van der Waals surface area contributed by atoms with E-state index in [1.165, 1.54) is 30.5 Å². The second-order valence-corrected chi connectivity index (χ2v) is 3.62. The molecule has 0 aliphatic heterocycles. The average molecular weight is 236 g/mol. The van der Waals surface area contributed by atoms with Gasteiger partial charge in [-0.05, 0) is 0 Å². The quantitative estimate of drug-likeness (QED) is 0.817. The molecule has 0 unspecified atom stereocenters. The van der Waals surface area contributed by atoms with E-state index in [9.17, 15) is 13.6 Å². The zero-order valence-electron chi connectivity index (χ0n) is 8.88. The van der Waals surface area contributed by atoms with Crippen molar-refractivity contribution in [3.05, 3.63) is 64.8 Å². The van der Waals surface area contributed by atoms with Crippen LogP contribution in [-0.4, -0.2) is 9.55 Å². The van der Waals surface area contributed by atoms with Gasteiger partial charge < -0.3 is 0 Å². The van der Waals surface area contributed by atoms with E-state index >= 15 is 0 Å². The average Bonchev–Trinajstić information content (AvgIpc) is 2.33. The summed E-state index contributed by atoms with van der Waals surface area (Å²) in [6.07, 6.45) is 2.39. The predicted octanol–water partition coefficient (Wildman–Crippen LogP) is 2.04. The summed E-state index contributed by atoms with van der Waals surface area (Å²) in [6.45, 7) is -0.705. The molecule has 0 aliphatic carbocycles. The first kappa shape index (κ1) is 11.4. The van der Waals surface area contributed by atoms with Gasteiger partial charge in [-0.3, -0.25) is 9.36 Å². The lowest BCUT2D eigenvalue weighted by Crippen LogP contribution is -2.29. The monoisotopic (exact) mass is 236 g/mol. The van der Waals surface area contributed by atoms with Crippen molar-refractivity contribution in [1.29, 1.82) is 0 Å². The molecule has 0 saturated heterocycles. The summed E-state index contributed by atoms with van der Waals surface area (Å²) in [7, 11) is 0. The Labute approximate surface area is 96.4 Å². The van der Waals surface area contributed by atoms with Crippen LogP contribution in [0.4, 0.5) is 8.78 Å². The Bertz CT molecular complexity index is 552. The molecular weight excluding hydrogens is 226 g/mol. The maximum atomic E-state index is 13.8. The second-order valence-electron chi connectivity index (χ2n) is 3.62. The minimum Gasteiger partial charge on any atom is -0.293 e. The molecule has 5 heteroatoms. The molecule has 88 valence electrons. The van der Waals surface area contributed by atoms with Crippen LogP contribution in [0.25, 0.3) is 0 Å². The number of nitrogens with zero attached hydrogens (tertiary/aromatic N) is 2. The summed E-state index contributed by atoms with van der Waals surface area (Å²) in [5.41, 5.74) is -0.605. The summed E-state index contributed by atoms with van der Waals surface area (Å²) in [6, 6.07) is 8.56. The van der Waals surface area contributed by atoms with Gasteiger partial charge in [-0.15, -0.1) is 0 Å². The van der Waals surface area contributed by atoms with Crippen LogP contribution in [0, 0.1) is 0 Å². The van der Waals surface area contributed by atoms with E-state index in [2.05, 4.69) is 4.98 Å². The third kappa shape index (κ3) is 2.55. The topological polar surface area (TPSA) is 34.9 Å². The van der Waals surface area contributed by atoms with Gasteiger partial charge in [0.05, 0.1) is 12.9 Å². The van der Waals surface area contributed by atoms with Crippen molar-refractivity contribution in [2.75, 3.05) is 0 Å². The number of aromatic nitrogens is 2. The Kier molecular flexibility index (Phi) is 2.99. The van der Waals surface area contributed by atoms with E-state index < -0.39 is 18.0 Å². The lowest BCUT2D eigenvalue weighted by atomic mass is 10.1.